The predicted molar refractivity (Wildman–Crippen MR) is 141 cm³/mol. The first kappa shape index (κ1) is 29.8. The molecule has 0 amide bonds. The third-order valence-electron chi connectivity index (χ3n) is 5.93. The number of hydrazine groups is 1. The van der Waals surface area contributed by atoms with E-state index in [4.69, 9.17) is 21.5 Å². The second-order valence-electron chi connectivity index (χ2n) is 9.14. The van der Waals surface area contributed by atoms with Crippen LogP contribution in [0.25, 0.3) is 5.70 Å². The molecule has 1 aliphatic rings. The van der Waals surface area contributed by atoms with Gasteiger partial charge in [-0.05, 0) is 37.0 Å². The number of hydrogen-bond donors (Lipinski definition) is 3. The highest BCUT2D eigenvalue weighted by atomic mass is 19.3. The molecular weight excluding hydrogens is 482 g/mol. The maximum absolute atomic E-state index is 14.0. The molecular formula is C26H38F2N6O3. The molecule has 1 fully saturated rings. The molecule has 5 N–H and O–H groups in total. The molecule has 2 aromatic heterocycles. The summed E-state index contributed by atoms with van der Waals surface area (Å²) in [6.07, 6.45) is 4.59. The van der Waals surface area contributed by atoms with Crippen molar-refractivity contribution >= 4 is 17.4 Å². The lowest BCUT2D eigenvalue weighted by atomic mass is 10.1. The lowest BCUT2D eigenvalue weighted by molar-refractivity contribution is -0.134. The van der Waals surface area contributed by atoms with Crippen LogP contribution in [0.5, 0.6) is 0 Å². The summed E-state index contributed by atoms with van der Waals surface area (Å²) in [6, 6.07) is 6.92. The summed E-state index contributed by atoms with van der Waals surface area (Å²) >= 11 is 0. The lowest BCUT2D eigenvalue weighted by Gasteiger charge is -2.35. The normalized spacial score (nSPS) is 15.4. The van der Waals surface area contributed by atoms with Crippen molar-refractivity contribution < 1.29 is 18.7 Å². The Hall–Kier alpha value is -3.47. The molecule has 1 saturated heterocycles. The van der Waals surface area contributed by atoms with E-state index in [0.717, 1.165) is 25.3 Å². The Morgan fingerprint density at radius 3 is 2.49 bits per heavy atom. The van der Waals surface area contributed by atoms with Crippen LogP contribution < -0.4 is 22.0 Å². The van der Waals surface area contributed by atoms with Crippen LogP contribution in [-0.2, 0) is 24.2 Å². The molecule has 0 unspecified atom stereocenters. The average molecular weight is 521 g/mol. The Balaban J connectivity index is 0.00000112. The molecule has 0 radical (unpaired) electrons. The number of hydrogen-bond acceptors (Lipinski definition) is 7. The summed E-state index contributed by atoms with van der Waals surface area (Å²) in [6.45, 7) is 5.56. The van der Waals surface area contributed by atoms with Crippen molar-refractivity contribution in [3.63, 3.8) is 0 Å². The number of nitrogens with two attached hydrogens (primary N) is 2. The third-order valence-corrected chi connectivity index (χ3v) is 5.93. The molecule has 0 spiro atoms. The van der Waals surface area contributed by atoms with Crippen molar-refractivity contribution in [3.8, 4) is 0 Å². The highest BCUT2D eigenvalue weighted by Crippen LogP contribution is 2.32. The molecule has 0 aliphatic carbocycles. The second kappa shape index (κ2) is 13.2. The Morgan fingerprint density at radius 2 is 1.92 bits per heavy atom. The van der Waals surface area contributed by atoms with Crippen molar-refractivity contribution in [1.82, 2.24) is 14.6 Å². The highest BCUT2D eigenvalue weighted by Gasteiger charge is 2.36. The van der Waals surface area contributed by atoms with Crippen LogP contribution in [0.15, 0.2) is 41.0 Å². The van der Waals surface area contributed by atoms with E-state index in [1.165, 1.54) is 5.01 Å². The molecule has 37 heavy (non-hydrogen) atoms. The van der Waals surface area contributed by atoms with E-state index in [1.54, 1.807) is 34.7 Å². The van der Waals surface area contributed by atoms with Gasteiger partial charge in [-0.1, -0.05) is 26.3 Å². The molecule has 9 nitrogen and oxygen atoms in total. The van der Waals surface area contributed by atoms with E-state index >= 15 is 0 Å². The quantitative estimate of drug-likeness (QED) is 0.357. The van der Waals surface area contributed by atoms with Crippen molar-refractivity contribution in [1.29, 1.82) is 0 Å². The van der Waals surface area contributed by atoms with E-state index in [0.29, 0.717) is 47.9 Å². The Labute approximate surface area is 216 Å². The van der Waals surface area contributed by atoms with Crippen molar-refractivity contribution in [2.45, 2.75) is 65.3 Å². The van der Waals surface area contributed by atoms with Gasteiger partial charge in [0, 0.05) is 39.2 Å². The van der Waals surface area contributed by atoms with Gasteiger partial charge >= 0.3 is 0 Å². The number of pyridine rings is 2. The second-order valence-corrected chi connectivity index (χ2v) is 9.14. The Morgan fingerprint density at radius 1 is 1.24 bits per heavy atom. The number of carboxylic acid groups (broad SMARTS) is 1. The molecule has 0 bridgehead atoms. The summed E-state index contributed by atoms with van der Waals surface area (Å²) in [5.41, 5.74) is 10.2. The lowest BCUT2D eigenvalue weighted by Crippen LogP contribution is -2.43. The zero-order valence-corrected chi connectivity index (χ0v) is 22.0. The molecule has 0 saturated carbocycles. The third kappa shape index (κ3) is 8.56. The Kier molecular flexibility index (Phi) is 10.6. The number of aromatic nitrogens is 2. The monoisotopic (exact) mass is 520 g/mol. The summed E-state index contributed by atoms with van der Waals surface area (Å²) in [4.78, 5) is 27.8. The van der Waals surface area contributed by atoms with Gasteiger partial charge < -0.3 is 25.3 Å². The van der Waals surface area contributed by atoms with Crippen LogP contribution in [0.4, 0.5) is 14.5 Å². The molecule has 2 aromatic rings. The van der Waals surface area contributed by atoms with Crippen LogP contribution in [0.2, 0.25) is 0 Å². The molecule has 1 aliphatic heterocycles. The maximum atomic E-state index is 14.0. The smallest absolute Gasteiger partial charge is 0.300 e. The maximum Gasteiger partial charge on any atom is 0.300 e. The van der Waals surface area contributed by atoms with E-state index in [-0.39, 0.29) is 25.1 Å². The minimum atomic E-state index is -2.70. The fourth-order valence-electron chi connectivity index (χ4n) is 4.20. The van der Waals surface area contributed by atoms with Crippen LogP contribution in [-0.4, -0.2) is 51.7 Å². The van der Waals surface area contributed by atoms with E-state index < -0.39 is 11.9 Å². The number of rotatable bonds is 8. The molecule has 3 heterocycles. The van der Waals surface area contributed by atoms with Crippen molar-refractivity contribution in [3.05, 3.63) is 63.5 Å². The molecule has 0 atom stereocenters. The van der Waals surface area contributed by atoms with Gasteiger partial charge in [0.15, 0.2) is 0 Å². The minimum absolute atomic E-state index is 0.0861. The van der Waals surface area contributed by atoms with Crippen LogP contribution >= 0.6 is 0 Å². The zero-order chi connectivity index (χ0) is 27.8. The van der Waals surface area contributed by atoms with Gasteiger partial charge in [-0.2, -0.15) is 0 Å². The number of anilines is 1. The predicted octanol–water partition coefficient (Wildman–Crippen LogP) is 3.22. The summed E-state index contributed by atoms with van der Waals surface area (Å²) in [7, 11) is 1.66. The number of likely N-dealkylation sites (N-methyl/N-ethyl adjacent to an activating group) is 1. The van der Waals surface area contributed by atoms with Gasteiger partial charge in [0.2, 0.25) is 0 Å². The first-order valence-corrected chi connectivity index (χ1v) is 12.4. The van der Waals surface area contributed by atoms with Gasteiger partial charge in [0.25, 0.3) is 17.5 Å². The first-order valence-electron chi connectivity index (χ1n) is 12.4. The molecule has 204 valence electrons. The highest BCUT2D eigenvalue weighted by molar-refractivity contribution is 5.65. The van der Waals surface area contributed by atoms with Crippen molar-refractivity contribution in [2.75, 3.05) is 25.0 Å². The van der Waals surface area contributed by atoms with Gasteiger partial charge in [0.1, 0.15) is 0 Å². The number of nitrogens with zero attached hydrogens (tertiary/aromatic N) is 4. The topological polar surface area (TPSA) is 131 Å². The van der Waals surface area contributed by atoms with Crippen LogP contribution in [0.1, 0.15) is 57.0 Å². The SMILES string of the molecule is CC(=O)O.CCCc1ccc(=O)n(C/C(=C(/N)c2ccc(N3CCCC(F)(F)C3)c(CC)n2)N(C)N)c1. The number of carbonyl (C=O) groups is 1. The number of alkyl halides is 2. The molecule has 0 aromatic carbocycles. The number of allylic oxidation sites excluding steroid dienone is 1. The van der Waals surface area contributed by atoms with Gasteiger partial charge in [-0.25, -0.2) is 19.6 Å². The summed E-state index contributed by atoms with van der Waals surface area (Å²) in [5.74, 6) is 2.55. The molecule has 11 heteroatoms. The van der Waals surface area contributed by atoms with Crippen LogP contribution in [0, 0.1) is 0 Å². The fraction of sp³-hybridized carbons (Fsp3) is 0.500. The zero-order valence-electron chi connectivity index (χ0n) is 22.0. The van der Waals surface area contributed by atoms with Gasteiger partial charge in [-0.3, -0.25) is 9.59 Å². The standard InChI is InChI=1S/C24H34F2N6O.C2H4O2/c1-4-7-17-8-11-22(33)32(14-17)15-21(30(3)28)23(27)19-9-10-20(18(5-2)29-19)31-13-6-12-24(25,26)16-31;1-2(3)4/h8-11,14H,4-7,12-13,15-16,27-28H2,1-3H3;1H3,(H,3,4)/b23-21-;. The van der Waals surface area contributed by atoms with Crippen molar-refractivity contribution in [2.24, 2.45) is 11.6 Å². The van der Waals surface area contributed by atoms with E-state index in [9.17, 15) is 13.6 Å². The number of piperidine rings is 1. The van der Waals surface area contributed by atoms with E-state index in [2.05, 4.69) is 11.9 Å². The number of aryl methyl sites for hydroxylation is 2. The first-order chi connectivity index (χ1) is 17.4. The van der Waals surface area contributed by atoms with E-state index in [1.807, 2.05) is 19.2 Å². The van der Waals surface area contributed by atoms with Gasteiger partial charge in [-0.15, -0.1) is 0 Å². The average Bonchev–Trinajstić information content (AvgIpc) is 2.82. The summed E-state index contributed by atoms with van der Waals surface area (Å²) in [5, 5.41) is 8.81. The minimum Gasteiger partial charge on any atom is -0.481 e. The number of carboxylic acids is 1. The number of aliphatic carboxylic acids is 1. The largest absolute Gasteiger partial charge is 0.481 e. The van der Waals surface area contributed by atoms with Gasteiger partial charge in [0.05, 0.1) is 41.6 Å². The number of halogens is 2. The summed E-state index contributed by atoms with van der Waals surface area (Å²) < 4.78 is 29.5. The Bertz CT molecular complexity index is 1160. The fourth-order valence-corrected chi connectivity index (χ4v) is 4.20. The molecule has 3 rings (SSSR count). The van der Waals surface area contributed by atoms with Crippen LogP contribution in [0.3, 0.4) is 0 Å².